The predicted molar refractivity (Wildman–Crippen MR) is 78.4 cm³/mol. The number of nitrogens with zero attached hydrogens (tertiary/aromatic N) is 2. The molecule has 1 atom stereocenters. The number of methoxy groups -OCH3 is 1. The molecule has 1 rings (SSSR count). The molecule has 1 aromatic rings. The van der Waals surface area contributed by atoms with Gasteiger partial charge < -0.3 is 15.4 Å². The Morgan fingerprint density at radius 2 is 2.29 bits per heavy atom. The van der Waals surface area contributed by atoms with E-state index in [1.54, 1.807) is 7.11 Å². The van der Waals surface area contributed by atoms with Crippen molar-refractivity contribution in [1.29, 1.82) is 0 Å². The van der Waals surface area contributed by atoms with Gasteiger partial charge >= 0.3 is 0 Å². The number of amides is 1. The molecule has 0 aliphatic carbocycles. The van der Waals surface area contributed by atoms with Gasteiger partial charge in [0, 0.05) is 26.3 Å². The van der Waals surface area contributed by atoms with Crippen LogP contribution in [0.5, 0.6) is 0 Å². The van der Waals surface area contributed by atoms with Crippen LogP contribution in [-0.4, -0.2) is 42.6 Å². The first-order valence-corrected chi connectivity index (χ1v) is 6.65. The molecule has 116 valence electrons. The Morgan fingerprint density at radius 1 is 1.57 bits per heavy atom. The third-order valence-corrected chi connectivity index (χ3v) is 2.74. The highest BCUT2D eigenvalue weighted by molar-refractivity contribution is 5.99. The number of anilines is 1. The topological polar surface area (TPSA) is 106 Å². The van der Waals surface area contributed by atoms with Crippen LogP contribution in [0.4, 0.5) is 11.5 Å². The summed E-state index contributed by atoms with van der Waals surface area (Å²) in [5.41, 5.74) is -0.0533. The lowest BCUT2D eigenvalue weighted by atomic mass is 10.1. The zero-order valence-corrected chi connectivity index (χ0v) is 12.4. The van der Waals surface area contributed by atoms with Gasteiger partial charge in [0.05, 0.1) is 17.1 Å². The molecular formula is C13H20N4O4. The molecule has 0 radical (unpaired) electrons. The zero-order valence-electron chi connectivity index (χ0n) is 12.4. The van der Waals surface area contributed by atoms with Crippen molar-refractivity contribution in [3.63, 3.8) is 0 Å². The fraction of sp³-hybridized carbons (Fsp3) is 0.538. The summed E-state index contributed by atoms with van der Waals surface area (Å²) in [6.07, 6.45) is 1.13. The molecule has 0 aliphatic heterocycles. The number of pyridine rings is 1. The molecule has 8 heteroatoms. The van der Waals surface area contributed by atoms with Crippen LogP contribution in [0, 0.1) is 16.0 Å². The van der Waals surface area contributed by atoms with Gasteiger partial charge in [-0.05, 0) is 12.8 Å². The van der Waals surface area contributed by atoms with Gasteiger partial charge in [-0.1, -0.05) is 6.92 Å². The molecule has 0 bridgehead atoms. The second-order valence-electron chi connectivity index (χ2n) is 4.65. The smallest absolute Gasteiger partial charge is 0.288 e. The monoisotopic (exact) mass is 296 g/mol. The van der Waals surface area contributed by atoms with E-state index in [1.165, 1.54) is 6.07 Å². The highest BCUT2D eigenvalue weighted by Crippen LogP contribution is 2.19. The van der Waals surface area contributed by atoms with Crippen LogP contribution in [0.3, 0.4) is 0 Å². The van der Waals surface area contributed by atoms with Crippen LogP contribution < -0.4 is 10.6 Å². The van der Waals surface area contributed by atoms with E-state index in [4.69, 9.17) is 4.74 Å². The lowest BCUT2D eigenvalue weighted by molar-refractivity contribution is -0.385. The van der Waals surface area contributed by atoms with E-state index >= 15 is 0 Å². The fourth-order valence-electron chi connectivity index (χ4n) is 1.74. The zero-order chi connectivity index (χ0) is 15.8. The first-order valence-electron chi connectivity index (χ1n) is 6.65. The lowest BCUT2D eigenvalue weighted by Gasteiger charge is -2.13. The minimum atomic E-state index is -0.576. The minimum Gasteiger partial charge on any atom is -0.384 e. The third-order valence-electron chi connectivity index (χ3n) is 2.74. The Labute approximate surface area is 123 Å². The van der Waals surface area contributed by atoms with Crippen molar-refractivity contribution in [3.8, 4) is 0 Å². The second-order valence-corrected chi connectivity index (χ2v) is 4.65. The van der Waals surface area contributed by atoms with Crippen molar-refractivity contribution in [1.82, 2.24) is 10.3 Å². The molecule has 0 spiro atoms. The Bertz CT molecular complexity index is 507. The molecular weight excluding hydrogens is 276 g/mol. The Morgan fingerprint density at radius 3 is 2.86 bits per heavy atom. The highest BCUT2D eigenvalue weighted by atomic mass is 16.6. The van der Waals surface area contributed by atoms with Crippen LogP contribution in [0.15, 0.2) is 12.3 Å². The second kappa shape index (κ2) is 8.15. The van der Waals surface area contributed by atoms with Crippen molar-refractivity contribution in [2.75, 3.05) is 32.1 Å². The molecule has 0 aromatic carbocycles. The maximum Gasteiger partial charge on any atom is 0.288 e. The Kier molecular flexibility index (Phi) is 6.54. The van der Waals surface area contributed by atoms with Gasteiger partial charge in [-0.15, -0.1) is 0 Å². The quantitative estimate of drug-likeness (QED) is 0.555. The first-order chi connectivity index (χ1) is 9.99. The van der Waals surface area contributed by atoms with Crippen LogP contribution >= 0.6 is 0 Å². The number of nitrogens with one attached hydrogen (secondary N) is 2. The van der Waals surface area contributed by atoms with Crippen LogP contribution in [0.2, 0.25) is 0 Å². The summed E-state index contributed by atoms with van der Waals surface area (Å²) >= 11 is 0. The maximum atomic E-state index is 12.2. The normalized spacial score (nSPS) is 11.8. The largest absolute Gasteiger partial charge is 0.384 e. The Hall–Kier alpha value is -2.22. The summed E-state index contributed by atoms with van der Waals surface area (Å²) in [7, 11) is 1.59. The summed E-state index contributed by atoms with van der Waals surface area (Å²) in [6.45, 7) is 5.28. The molecule has 1 heterocycles. The molecule has 2 N–H and O–H groups in total. The molecule has 0 saturated carbocycles. The fourth-order valence-corrected chi connectivity index (χ4v) is 1.74. The van der Waals surface area contributed by atoms with Crippen LogP contribution in [0.1, 0.15) is 24.2 Å². The van der Waals surface area contributed by atoms with Gasteiger partial charge in [-0.3, -0.25) is 14.9 Å². The van der Waals surface area contributed by atoms with E-state index in [-0.39, 0.29) is 17.2 Å². The highest BCUT2D eigenvalue weighted by Gasteiger charge is 2.18. The number of rotatable bonds is 8. The van der Waals surface area contributed by atoms with Gasteiger partial charge in [0.25, 0.3) is 11.6 Å². The number of aromatic nitrogens is 1. The number of ether oxygens (including phenoxy) is 1. The first kappa shape index (κ1) is 16.8. The van der Waals surface area contributed by atoms with E-state index in [0.717, 1.165) is 6.20 Å². The average Bonchev–Trinajstić information content (AvgIpc) is 2.45. The van der Waals surface area contributed by atoms with Crippen molar-refractivity contribution in [3.05, 3.63) is 27.9 Å². The van der Waals surface area contributed by atoms with Crippen molar-refractivity contribution in [2.24, 2.45) is 5.92 Å². The van der Waals surface area contributed by atoms with Crippen molar-refractivity contribution < 1.29 is 14.5 Å². The van der Waals surface area contributed by atoms with Crippen LogP contribution in [0.25, 0.3) is 0 Å². The summed E-state index contributed by atoms with van der Waals surface area (Å²) in [6, 6.07) is 1.22. The predicted octanol–water partition coefficient (Wildman–Crippen LogP) is 1.43. The number of carbonyl (C=O) groups is 1. The van der Waals surface area contributed by atoms with E-state index < -0.39 is 10.8 Å². The average molecular weight is 296 g/mol. The van der Waals surface area contributed by atoms with Gasteiger partial charge in [-0.25, -0.2) is 4.98 Å². The van der Waals surface area contributed by atoms with E-state index in [0.29, 0.717) is 25.5 Å². The van der Waals surface area contributed by atoms with E-state index in [2.05, 4.69) is 15.6 Å². The lowest BCUT2D eigenvalue weighted by Crippen LogP contribution is -2.30. The van der Waals surface area contributed by atoms with Gasteiger partial charge in [0.15, 0.2) is 0 Å². The molecule has 0 aliphatic rings. The number of carbonyl (C=O) groups excluding carboxylic acids is 1. The SMILES string of the molecule is CCNc1ncc([N+](=O)[O-])cc1C(=O)NCC(C)COC. The van der Waals surface area contributed by atoms with Crippen LogP contribution in [-0.2, 0) is 4.74 Å². The van der Waals surface area contributed by atoms with E-state index in [1.807, 2.05) is 13.8 Å². The van der Waals surface area contributed by atoms with Gasteiger partial charge in [0.1, 0.15) is 12.0 Å². The molecule has 21 heavy (non-hydrogen) atoms. The Balaban J connectivity index is 2.88. The molecule has 1 amide bonds. The molecule has 1 unspecified atom stereocenters. The molecule has 1 aromatic heterocycles. The third kappa shape index (κ3) is 4.99. The van der Waals surface area contributed by atoms with Crippen molar-refractivity contribution >= 4 is 17.4 Å². The standard InChI is InChI=1S/C13H20N4O4/c1-4-14-12-11(5-10(7-15-12)17(19)20)13(18)16-6-9(2)8-21-3/h5,7,9H,4,6,8H2,1-3H3,(H,14,15)(H,16,18). The summed E-state index contributed by atoms with van der Waals surface area (Å²) in [5, 5.41) is 16.4. The van der Waals surface area contributed by atoms with E-state index in [9.17, 15) is 14.9 Å². The number of hydrogen-bond acceptors (Lipinski definition) is 6. The minimum absolute atomic E-state index is 0.146. The van der Waals surface area contributed by atoms with Crippen molar-refractivity contribution in [2.45, 2.75) is 13.8 Å². The summed E-state index contributed by atoms with van der Waals surface area (Å²) in [5.74, 6) is 0.0817. The summed E-state index contributed by atoms with van der Waals surface area (Å²) < 4.78 is 4.99. The molecule has 8 nitrogen and oxygen atoms in total. The maximum absolute atomic E-state index is 12.2. The number of hydrogen-bond donors (Lipinski definition) is 2. The number of nitro groups is 1. The summed E-state index contributed by atoms with van der Waals surface area (Å²) in [4.78, 5) is 26.3. The molecule has 0 saturated heterocycles. The van der Waals surface area contributed by atoms with Gasteiger partial charge in [-0.2, -0.15) is 0 Å². The van der Waals surface area contributed by atoms with Gasteiger partial charge in [0.2, 0.25) is 0 Å². The molecule has 0 fully saturated rings.